The number of anilines is 2. The minimum Gasteiger partial charge on any atom is -0.397 e. The Morgan fingerprint density at radius 2 is 2.24 bits per heavy atom. The normalized spacial score (nSPS) is 17.4. The number of nitrogens with two attached hydrogens (primary N) is 1. The van der Waals surface area contributed by atoms with Gasteiger partial charge in [0, 0.05) is 19.7 Å². The summed E-state index contributed by atoms with van der Waals surface area (Å²) in [6.45, 7) is 4.68. The predicted molar refractivity (Wildman–Crippen MR) is 70.5 cm³/mol. The molecule has 1 saturated heterocycles. The second-order valence-corrected chi connectivity index (χ2v) is 4.62. The van der Waals surface area contributed by atoms with Gasteiger partial charge in [-0.3, -0.25) is 0 Å². The average molecular weight is 256 g/mol. The van der Waals surface area contributed by atoms with Crippen LogP contribution in [0.3, 0.4) is 0 Å². The summed E-state index contributed by atoms with van der Waals surface area (Å²) in [4.78, 5) is 6.49. The molecule has 0 radical (unpaired) electrons. The van der Waals surface area contributed by atoms with Crippen molar-refractivity contribution in [1.29, 1.82) is 0 Å². The smallest absolute Gasteiger partial charge is 0.147 e. The SMILES string of the molecule is CCOC1CCN(c2ncc(N)cc2Cl)CC1. The summed E-state index contributed by atoms with van der Waals surface area (Å²) in [7, 11) is 0. The van der Waals surface area contributed by atoms with Gasteiger partial charge in [0.2, 0.25) is 0 Å². The number of halogens is 1. The Morgan fingerprint density at radius 3 is 2.82 bits per heavy atom. The van der Waals surface area contributed by atoms with Crippen LogP contribution in [-0.4, -0.2) is 30.8 Å². The van der Waals surface area contributed by atoms with Crippen molar-refractivity contribution in [2.75, 3.05) is 30.3 Å². The van der Waals surface area contributed by atoms with E-state index in [-0.39, 0.29) is 0 Å². The maximum Gasteiger partial charge on any atom is 0.147 e. The maximum atomic E-state index is 6.14. The van der Waals surface area contributed by atoms with E-state index < -0.39 is 0 Å². The monoisotopic (exact) mass is 255 g/mol. The lowest BCUT2D eigenvalue weighted by atomic mass is 10.1. The first-order valence-corrected chi connectivity index (χ1v) is 6.36. The average Bonchev–Trinajstić information content (AvgIpc) is 2.31. The van der Waals surface area contributed by atoms with Crippen LogP contribution in [-0.2, 0) is 4.74 Å². The van der Waals surface area contributed by atoms with Crippen molar-refractivity contribution in [3.63, 3.8) is 0 Å². The van der Waals surface area contributed by atoms with Gasteiger partial charge in [-0.05, 0) is 25.8 Å². The van der Waals surface area contributed by atoms with Crippen LogP contribution in [0.2, 0.25) is 5.02 Å². The third-order valence-electron chi connectivity index (χ3n) is 2.99. The van der Waals surface area contributed by atoms with E-state index in [0.29, 0.717) is 16.8 Å². The molecule has 1 fully saturated rings. The molecule has 17 heavy (non-hydrogen) atoms. The quantitative estimate of drug-likeness (QED) is 0.901. The second-order valence-electron chi connectivity index (χ2n) is 4.22. The molecule has 2 N–H and O–H groups in total. The molecule has 2 heterocycles. The summed E-state index contributed by atoms with van der Waals surface area (Å²) < 4.78 is 5.62. The predicted octanol–water partition coefficient (Wildman–Crippen LogP) is 2.32. The van der Waals surface area contributed by atoms with Gasteiger partial charge in [0.25, 0.3) is 0 Å². The van der Waals surface area contributed by atoms with E-state index >= 15 is 0 Å². The van der Waals surface area contributed by atoms with E-state index in [0.717, 1.165) is 38.4 Å². The number of nitrogen functional groups attached to an aromatic ring is 1. The minimum atomic E-state index is 0.379. The molecule has 2 rings (SSSR count). The summed E-state index contributed by atoms with van der Waals surface area (Å²) in [6.07, 6.45) is 4.08. The van der Waals surface area contributed by atoms with Crippen molar-refractivity contribution in [2.24, 2.45) is 0 Å². The molecule has 1 aliphatic rings. The first kappa shape index (κ1) is 12.5. The zero-order valence-corrected chi connectivity index (χ0v) is 10.8. The Bertz CT molecular complexity index is 378. The van der Waals surface area contributed by atoms with Crippen LogP contribution in [0.15, 0.2) is 12.3 Å². The number of hydrogen-bond acceptors (Lipinski definition) is 4. The van der Waals surface area contributed by atoms with Gasteiger partial charge in [-0.15, -0.1) is 0 Å². The Morgan fingerprint density at radius 1 is 1.53 bits per heavy atom. The first-order valence-electron chi connectivity index (χ1n) is 5.98. The molecule has 0 saturated carbocycles. The highest BCUT2D eigenvalue weighted by Gasteiger charge is 2.21. The Labute approximate surface area is 107 Å². The van der Waals surface area contributed by atoms with Gasteiger partial charge in [-0.2, -0.15) is 0 Å². The molecule has 4 nitrogen and oxygen atoms in total. The molecule has 1 aromatic heterocycles. The van der Waals surface area contributed by atoms with Crippen LogP contribution in [0.1, 0.15) is 19.8 Å². The topological polar surface area (TPSA) is 51.4 Å². The lowest BCUT2D eigenvalue weighted by Crippen LogP contribution is -2.37. The van der Waals surface area contributed by atoms with Crippen LogP contribution in [0.5, 0.6) is 0 Å². The number of nitrogens with zero attached hydrogens (tertiary/aromatic N) is 2. The fourth-order valence-electron chi connectivity index (χ4n) is 2.15. The molecule has 0 amide bonds. The van der Waals surface area contributed by atoms with E-state index in [1.807, 2.05) is 6.92 Å². The number of hydrogen-bond donors (Lipinski definition) is 1. The molecule has 1 aromatic rings. The molecular formula is C12H18ClN3O. The zero-order chi connectivity index (χ0) is 12.3. The Kier molecular flexibility index (Phi) is 4.07. The molecule has 0 spiro atoms. The van der Waals surface area contributed by atoms with Gasteiger partial charge in [-0.1, -0.05) is 11.6 Å². The van der Waals surface area contributed by atoms with E-state index in [9.17, 15) is 0 Å². The van der Waals surface area contributed by atoms with Gasteiger partial charge < -0.3 is 15.4 Å². The minimum absolute atomic E-state index is 0.379. The van der Waals surface area contributed by atoms with Crippen molar-refractivity contribution in [2.45, 2.75) is 25.9 Å². The maximum absolute atomic E-state index is 6.14. The third kappa shape index (κ3) is 3.01. The Balaban J connectivity index is 2.00. The first-order chi connectivity index (χ1) is 8.20. The van der Waals surface area contributed by atoms with Crippen LogP contribution in [0.4, 0.5) is 11.5 Å². The molecule has 1 aliphatic heterocycles. The standard InChI is InChI=1S/C12H18ClN3O/c1-2-17-10-3-5-16(6-4-10)12-11(13)7-9(14)8-15-12/h7-8,10H,2-6,14H2,1H3. The van der Waals surface area contributed by atoms with Gasteiger partial charge in [0.1, 0.15) is 5.82 Å². The summed E-state index contributed by atoms with van der Waals surface area (Å²) in [6, 6.07) is 1.75. The van der Waals surface area contributed by atoms with Gasteiger partial charge in [-0.25, -0.2) is 4.98 Å². The summed E-state index contributed by atoms with van der Waals surface area (Å²) in [5.41, 5.74) is 6.23. The molecule has 0 atom stereocenters. The van der Waals surface area contributed by atoms with Crippen molar-refractivity contribution >= 4 is 23.1 Å². The molecule has 0 aliphatic carbocycles. The number of pyridine rings is 1. The molecular weight excluding hydrogens is 238 g/mol. The number of rotatable bonds is 3. The van der Waals surface area contributed by atoms with E-state index in [1.165, 1.54) is 0 Å². The molecule has 0 unspecified atom stereocenters. The van der Waals surface area contributed by atoms with Crippen LogP contribution in [0.25, 0.3) is 0 Å². The molecule has 0 aromatic carbocycles. The largest absolute Gasteiger partial charge is 0.397 e. The summed E-state index contributed by atoms with van der Waals surface area (Å²) in [5, 5.41) is 0.625. The van der Waals surface area contributed by atoms with E-state index in [4.69, 9.17) is 22.1 Å². The van der Waals surface area contributed by atoms with Gasteiger partial charge >= 0.3 is 0 Å². The molecule has 0 bridgehead atoms. The molecule has 5 heteroatoms. The van der Waals surface area contributed by atoms with Crippen molar-refractivity contribution in [1.82, 2.24) is 4.98 Å². The zero-order valence-electron chi connectivity index (χ0n) is 10.0. The number of piperidine rings is 1. The summed E-state index contributed by atoms with van der Waals surface area (Å²) >= 11 is 6.14. The fourth-order valence-corrected chi connectivity index (χ4v) is 2.44. The highest BCUT2D eigenvalue weighted by molar-refractivity contribution is 6.33. The Hall–Kier alpha value is -1.00. The summed E-state index contributed by atoms with van der Waals surface area (Å²) in [5.74, 6) is 0.829. The molecule has 94 valence electrons. The van der Waals surface area contributed by atoms with Crippen LogP contribution < -0.4 is 10.6 Å². The van der Waals surface area contributed by atoms with Gasteiger partial charge in [0.05, 0.1) is 23.0 Å². The second kappa shape index (κ2) is 5.56. The van der Waals surface area contributed by atoms with Crippen LogP contribution >= 0.6 is 11.6 Å². The van der Waals surface area contributed by atoms with E-state index in [1.54, 1.807) is 12.3 Å². The lowest BCUT2D eigenvalue weighted by molar-refractivity contribution is 0.0458. The number of aromatic nitrogens is 1. The van der Waals surface area contributed by atoms with Crippen LogP contribution in [0, 0.1) is 0 Å². The third-order valence-corrected chi connectivity index (χ3v) is 3.26. The highest BCUT2D eigenvalue weighted by Crippen LogP contribution is 2.27. The van der Waals surface area contributed by atoms with Crippen molar-refractivity contribution in [3.8, 4) is 0 Å². The van der Waals surface area contributed by atoms with Gasteiger partial charge in [0.15, 0.2) is 0 Å². The highest BCUT2D eigenvalue weighted by atomic mass is 35.5. The van der Waals surface area contributed by atoms with Crippen molar-refractivity contribution < 1.29 is 4.74 Å². The van der Waals surface area contributed by atoms with Crippen molar-refractivity contribution in [3.05, 3.63) is 17.3 Å². The number of ether oxygens (including phenoxy) is 1. The lowest BCUT2D eigenvalue weighted by Gasteiger charge is -2.33. The van der Waals surface area contributed by atoms with E-state index in [2.05, 4.69) is 9.88 Å². The fraction of sp³-hybridized carbons (Fsp3) is 0.583.